The second kappa shape index (κ2) is 6.27. The molecule has 19 heavy (non-hydrogen) atoms. The Labute approximate surface area is 131 Å². The molecular weight excluding hydrogens is 349 g/mol. The number of halogens is 3. The fraction of sp³-hybridized carbons (Fsp3) is 0.308. The minimum atomic E-state index is -0.0309. The second-order valence-electron chi connectivity index (χ2n) is 4.16. The van der Waals surface area contributed by atoms with Crippen LogP contribution in [-0.2, 0) is 7.05 Å². The van der Waals surface area contributed by atoms with E-state index in [1.54, 1.807) is 10.9 Å². The lowest BCUT2D eigenvalue weighted by molar-refractivity contribution is 0.571. The average molecular weight is 363 g/mol. The van der Waals surface area contributed by atoms with Crippen molar-refractivity contribution in [2.45, 2.75) is 13.0 Å². The second-order valence-corrected chi connectivity index (χ2v) is 5.86. The molecule has 0 aliphatic carbocycles. The number of hydrogen-bond acceptors (Lipinski definition) is 2. The summed E-state index contributed by atoms with van der Waals surface area (Å²) < 4.78 is 2.74. The van der Waals surface area contributed by atoms with Crippen LogP contribution in [0.1, 0.15) is 24.2 Å². The van der Waals surface area contributed by atoms with Crippen molar-refractivity contribution in [3.8, 4) is 0 Å². The van der Waals surface area contributed by atoms with Gasteiger partial charge in [-0.05, 0) is 24.2 Å². The van der Waals surface area contributed by atoms with E-state index in [-0.39, 0.29) is 6.04 Å². The Hall–Kier alpha value is -0.550. The zero-order valence-electron chi connectivity index (χ0n) is 10.6. The third-order valence-corrected chi connectivity index (χ3v) is 4.11. The summed E-state index contributed by atoms with van der Waals surface area (Å²) in [6.45, 7) is 2.88. The molecule has 2 aromatic rings. The standard InChI is InChI=1S/C13H14BrCl2N3/c1-3-17-12(13-11(16)7-18-19(13)2)9-5-4-8(15)6-10(9)14/h4-7,12,17H,3H2,1-2H3. The van der Waals surface area contributed by atoms with Gasteiger partial charge in [0.05, 0.1) is 23.0 Å². The highest BCUT2D eigenvalue weighted by Crippen LogP contribution is 2.33. The molecule has 0 saturated carbocycles. The minimum absolute atomic E-state index is 0.0309. The normalized spacial score (nSPS) is 12.7. The predicted molar refractivity (Wildman–Crippen MR) is 82.9 cm³/mol. The smallest absolute Gasteiger partial charge is 0.0837 e. The fourth-order valence-electron chi connectivity index (χ4n) is 2.04. The molecule has 0 spiro atoms. The lowest BCUT2D eigenvalue weighted by Crippen LogP contribution is -2.25. The van der Waals surface area contributed by atoms with E-state index >= 15 is 0 Å². The molecule has 0 aliphatic heterocycles. The van der Waals surface area contributed by atoms with Crippen LogP contribution in [0.5, 0.6) is 0 Å². The van der Waals surface area contributed by atoms with Crippen LogP contribution in [0.25, 0.3) is 0 Å². The van der Waals surface area contributed by atoms with Crippen LogP contribution in [0, 0.1) is 0 Å². The first kappa shape index (κ1) is 14.9. The molecule has 6 heteroatoms. The number of aryl methyl sites for hydroxylation is 1. The monoisotopic (exact) mass is 361 g/mol. The zero-order chi connectivity index (χ0) is 14.0. The Morgan fingerprint density at radius 2 is 2.16 bits per heavy atom. The van der Waals surface area contributed by atoms with Gasteiger partial charge in [0.1, 0.15) is 0 Å². The molecule has 1 aromatic heterocycles. The molecule has 1 N–H and O–H groups in total. The van der Waals surface area contributed by atoms with E-state index in [0.717, 1.165) is 22.3 Å². The third kappa shape index (κ3) is 3.14. The van der Waals surface area contributed by atoms with Crippen LogP contribution in [0.3, 0.4) is 0 Å². The van der Waals surface area contributed by atoms with Crippen LogP contribution >= 0.6 is 39.1 Å². The molecule has 1 heterocycles. The lowest BCUT2D eigenvalue weighted by atomic mass is 10.0. The number of aromatic nitrogens is 2. The topological polar surface area (TPSA) is 29.9 Å². The molecule has 0 amide bonds. The van der Waals surface area contributed by atoms with Gasteiger partial charge in [-0.2, -0.15) is 5.10 Å². The van der Waals surface area contributed by atoms with Gasteiger partial charge in [0.25, 0.3) is 0 Å². The first-order chi connectivity index (χ1) is 9.04. The molecule has 1 aromatic carbocycles. The van der Waals surface area contributed by atoms with Crippen molar-refractivity contribution in [2.75, 3.05) is 6.54 Å². The first-order valence-electron chi connectivity index (χ1n) is 5.90. The maximum atomic E-state index is 6.24. The molecule has 0 bridgehead atoms. The number of benzene rings is 1. The lowest BCUT2D eigenvalue weighted by Gasteiger charge is -2.20. The van der Waals surface area contributed by atoms with Crippen LogP contribution < -0.4 is 5.32 Å². The molecule has 3 nitrogen and oxygen atoms in total. The van der Waals surface area contributed by atoms with Gasteiger partial charge in [-0.3, -0.25) is 4.68 Å². The van der Waals surface area contributed by atoms with Crippen molar-refractivity contribution in [1.29, 1.82) is 0 Å². The van der Waals surface area contributed by atoms with E-state index in [0.29, 0.717) is 10.0 Å². The molecule has 1 unspecified atom stereocenters. The molecular formula is C13H14BrCl2N3. The van der Waals surface area contributed by atoms with Crippen LogP contribution in [-0.4, -0.2) is 16.3 Å². The highest BCUT2D eigenvalue weighted by atomic mass is 79.9. The Morgan fingerprint density at radius 1 is 1.42 bits per heavy atom. The largest absolute Gasteiger partial charge is 0.305 e. The first-order valence-corrected chi connectivity index (χ1v) is 7.45. The maximum Gasteiger partial charge on any atom is 0.0837 e. The van der Waals surface area contributed by atoms with E-state index in [9.17, 15) is 0 Å². The average Bonchev–Trinajstić information content (AvgIpc) is 2.67. The summed E-state index contributed by atoms with van der Waals surface area (Å²) in [4.78, 5) is 0. The van der Waals surface area contributed by atoms with E-state index in [4.69, 9.17) is 23.2 Å². The summed E-state index contributed by atoms with van der Waals surface area (Å²) in [6.07, 6.45) is 1.66. The fourth-order valence-corrected chi connectivity index (χ4v) is 3.23. The molecule has 0 saturated heterocycles. The third-order valence-electron chi connectivity index (χ3n) is 2.89. The van der Waals surface area contributed by atoms with Crippen molar-refractivity contribution in [1.82, 2.24) is 15.1 Å². The summed E-state index contributed by atoms with van der Waals surface area (Å²) in [5, 5.41) is 8.96. The van der Waals surface area contributed by atoms with Crippen molar-refractivity contribution in [2.24, 2.45) is 7.05 Å². The zero-order valence-corrected chi connectivity index (χ0v) is 13.7. The minimum Gasteiger partial charge on any atom is -0.305 e. The number of nitrogens with one attached hydrogen (secondary N) is 1. The SMILES string of the molecule is CCNC(c1ccc(Cl)cc1Br)c1c(Cl)cnn1C. The van der Waals surface area contributed by atoms with Crippen molar-refractivity contribution < 1.29 is 0 Å². The highest BCUT2D eigenvalue weighted by molar-refractivity contribution is 9.10. The molecule has 0 aliphatic rings. The number of nitrogens with zero attached hydrogens (tertiary/aromatic N) is 2. The molecule has 2 rings (SSSR count). The molecule has 0 fully saturated rings. The summed E-state index contributed by atoms with van der Waals surface area (Å²) in [5.41, 5.74) is 2.02. The summed E-state index contributed by atoms with van der Waals surface area (Å²) in [6, 6.07) is 5.71. The molecule has 102 valence electrons. The van der Waals surface area contributed by atoms with Gasteiger partial charge >= 0.3 is 0 Å². The number of hydrogen-bond donors (Lipinski definition) is 1. The summed E-state index contributed by atoms with van der Waals surface area (Å²) in [7, 11) is 1.88. The van der Waals surface area contributed by atoms with Gasteiger partial charge in [0.15, 0.2) is 0 Å². The van der Waals surface area contributed by atoms with Crippen molar-refractivity contribution >= 4 is 39.1 Å². The predicted octanol–water partition coefficient (Wildman–Crippen LogP) is 4.19. The Kier molecular flexibility index (Phi) is 4.90. The van der Waals surface area contributed by atoms with Gasteiger partial charge < -0.3 is 5.32 Å². The van der Waals surface area contributed by atoms with E-state index < -0.39 is 0 Å². The number of rotatable bonds is 4. The van der Waals surface area contributed by atoms with Gasteiger partial charge in [-0.15, -0.1) is 0 Å². The Morgan fingerprint density at radius 3 is 2.68 bits per heavy atom. The van der Waals surface area contributed by atoms with E-state index in [2.05, 4.69) is 33.3 Å². The maximum absolute atomic E-state index is 6.24. The Balaban J connectivity index is 2.51. The van der Waals surface area contributed by atoms with E-state index in [1.807, 2.05) is 25.2 Å². The van der Waals surface area contributed by atoms with Gasteiger partial charge in [-0.25, -0.2) is 0 Å². The van der Waals surface area contributed by atoms with Gasteiger partial charge in [0, 0.05) is 16.5 Å². The molecule has 1 atom stereocenters. The van der Waals surface area contributed by atoms with E-state index in [1.165, 1.54) is 0 Å². The van der Waals surface area contributed by atoms with Gasteiger partial charge in [-0.1, -0.05) is 52.1 Å². The van der Waals surface area contributed by atoms with Crippen molar-refractivity contribution in [3.63, 3.8) is 0 Å². The highest BCUT2D eigenvalue weighted by Gasteiger charge is 2.22. The van der Waals surface area contributed by atoms with Gasteiger partial charge in [0.2, 0.25) is 0 Å². The van der Waals surface area contributed by atoms with Crippen molar-refractivity contribution in [3.05, 3.63) is 50.2 Å². The summed E-state index contributed by atoms with van der Waals surface area (Å²) >= 11 is 15.8. The Bertz CT molecular complexity index is 564. The quantitative estimate of drug-likeness (QED) is 0.883. The van der Waals surface area contributed by atoms with Crippen LogP contribution in [0.15, 0.2) is 28.9 Å². The van der Waals surface area contributed by atoms with Crippen LogP contribution in [0.2, 0.25) is 10.0 Å². The molecule has 0 radical (unpaired) electrons. The van der Waals surface area contributed by atoms with Crippen LogP contribution in [0.4, 0.5) is 0 Å². The summed E-state index contributed by atoms with van der Waals surface area (Å²) in [5.74, 6) is 0.